The number of benzene rings is 8. The van der Waals surface area contributed by atoms with Crippen LogP contribution >= 0.6 is 0 Å². The van der Waals surface area contributed by atoms with Crippen molar-refractivity contribution in [3.05, 3.63) is 181 Å². The highest BCUT2D eigenvalue weighted by atomic mass is 16.3. The van der Waals surface area contributed by atoms with E-state index in [1.807, 2.05) is 30.3 Å². The first-order chi connectivity index (χ1) is 24.3. The van der Waals surface area contributed by atoms with Crippen molar-refractivity contribution in [1.82, 2.24) is 4.98 Å². The van der Waals surface area contributed by atoms with Gasteiger partial charge in [0.05, 0.1) is 5.69 Å². The number of hydrogen-bond acceptors (Lipinski definition) is 3. The third-order valence-corrected chi connectivity index (χ3v) is 9.87. The number of hydrogen-bond donors (Lipinski definition) is 0. The van der Waals surface area contributed by atoms with E-state index in [9.17, 15) is 0 Å². The standard InChI is InChI=1S/C46H30N2O/c1-4-13-30(14-5-1)39-28-34-23-26-41-45(49-46(47-41)31-15-6-2-7-16-31)44(34)40-29-36(24-25-38(39)40)48(35-19-8-3-9-20-35)42-22-12-18-33-27-32-17-10-11-21-37(32)43(33)42/h1-26,28-29H,27H2. The Morgan fingerprint density at radius 3 is 2.04 bits per heavy atom. The minimum Gasteiger partial charge on any atom is -0.435 e. The predicted octanol–water partition coefficient (Wildman–Crippen LogP) is 12.5. The summed E-state index contributed by atoms with van der Waals surface area (Å²) in [6.45, 7) is 0. The number of fused-ring (bicyclic) bond motifs is 8. The molecule has 1 aliphatic rings. The molecule has 1 aromatic heterocycles. The first-order valence-electron chi connectivity index (χ1n) is 16.8. The van der Waals surface area contributed by atoms with Gasteiger partial charge in [-0.2, -0.15) is 0 Å². The Labute approximate surface area is 284 Å². The zero-order valence-electron chi connectivity index (χ0n) is 26.7. The second-order valence-electron chi connectivity index (χ2n) is 12.7. The third-order valence-electron chi connectivity index (χ3n) is 9.87. The second-order valence-corrected chi connectivity index (χ2v) is 12.7. The van der Waals surface area contributed by atoms with E-state index in [2.05, 4.69) is 144 Å². The van der Waals surface area contributed by atoms with Gasteiger partial charge in [0.2, 0.25) is 5.89 Å². The number of para-hydroxylation sites is 1. The van der Waals surface area contributed by atoms with E-state index in [4.69, 9.17) is 9.40 Å². The molecule has 3 heteroatoms. The molecule has 0 atom stereocenters. The largest absolute Gasteiger partial charge is 0.435 e. The summed E-state index contributed by atoms with van der Waals surface area (Å²) in [5.41, 5.74) is 13.7. The lowest BCUT2D eigenvalue weighted by Gasteiger charge is -2.28. The van der Waals surface area contributed by atoms with Gasteiger partial charge in [0.1, 0.15) is 5.52 Å². The molecule has 9 aromatic rings. The smallest absolute Gasteiger partial charge is 0.227 e. The van der Waals surface area contributed by atoms with Crippen LogP contribution in [0.15, 0.2) is 174 Å². The van der Waals surface area contributed by atoms with Gasteiger partial charge in [-0.15, -0.1) is 0 Å². The highest BCUT2D eigenvalue weighted by Crippen LogP contribution is 2.48. The molecule has 0 N–H and O–H groups in total. The molecule has 8 aromatic carbocycles. The molecule has 10 rings (SSSR count). The number of oxazole rings is 1. The van der Waals surface area contributed by atoms with Crippen LogP contribution in [0.25, 0.3) is 66.4 Å². The summed E-state index contributed by atoms with van der Waals surface area (Å²) in [6, 6.07) is 60.5. The maximum atomic E-state index is 6.67. The molecule has 0 bridgehead atoms. The van der Waals surface area contributed by atoms with Gasteiger partial charge < -0.3 is 9.32 Å². The van der Waals surface area contributed by atoms with Crippen molar-refractivity contribution in [3.8, 4) is 33.7 Å². The fourth-order valence-electron chi connectivity index (χ4n) is 7.67. The molecular formula is C46H30N2O. The van der Waals surface area contributed by atoms with Crippen LogP contribution in [0.3, 0.4) is 0 Å². The normalized spacial score (nSPS) is 12.0. The molecule has 0 aliphatic heterocycles. The molecule has 0 fully saturated rings. The fourth-order valence-corrected chi connectivity index (χ4v) is 7.67. The maximum Gasteiger partial charge on any atom is 0.227 e. The molecule has 0 saturated heterocycles. The van der Waals surface area contributed by atoms with Crippen LogP contribution in [0.5, 0.6) is 0 Å². The molecule has 0 saturated carbocycles. The Balaban J connectivity index is 1.28. The summed E-state index contributed by atoms with van der Waals surface area (Å²) >= 11 is 0. The monoisotopic (exact) mass is 626 g/mol. The maximum absolute atomic E-state index is 6.67. The highest BCUT2D eigenvalue weighted by Gasteiger charge is 2.26. The van der Waals surface area contributed by atoms with Crippen molar-refractivity contribution in [2.24, 2.45) is 0 Å². The van der Waals surface area contributed by atoms with Gasteiger partial charge in [-0.1, -0.05) is 115 Å². The highest BCUT2D eigenvalue weighted by molar-refractivity contribution is 6.22. The van der Waals surface area contributed by atoms with Crippen LogP contribution in [0, 0.1) is 0 Å². The zero-order valence-corrected chi connectivity index (χ0v) is 26.7. The summed E-state index contributed by atoms with van der Waals surface area (Å²) in [6.07, 6.45) is 0.942. The fraction of sp³-hybridized carbons (Fsp3) is 0.0217. The van der Waals surface area contributed by atoms with Crippen molar-refractivity contribution in [1.29, 1.82) is 0 Å². The van der Waals surface area contributed by atoms with E-state index >= 15 is 0 Å². The molecule has 1 heterocycles. The summed E-state index contributed by atoms with van der Waals surface area (Å²) in [7, 11) is 0. The van der Waals surface area contributed by atoms with Gasteiger partial charge in [0.15, 0.2) is 5.58 Å². The lowest BCUT2D eigenvalue weighted by atomic mass is 9.92. The molecule has 230 valence electrons. The van der Waals surface area contributed by atoms with E-state index in [1.165, 1.54) is 44.5 Å². The van der Waals surface area contributed by atoms with Gasteiger partial charge in [-0.3, -0.25) is 0 Å². The first kappa shape index (κ1) is 27.6. The first-order valence-corrected chi connectivity index (χ1v) is 16.8. The Bertz CT molecular complexity index is 2680. The third kappa shape index (κ3) is 4.47. The molecular weight excluding hydrogens is 597 g/mol. The van der Waals surface area contributed by atoms with Gasteiger partial charge in [0.25, 0.3) is 0 Å². The molecule has 3 nitrogen and oxygen atoms in total. The van der Waals surface area contributed by atoms with Crippen LogP contribution in [0.1, 0.15) is 11.1 Å². The molecule has 49 heavy (non-hydrogen) atoms. The summed E-state index contributed by atoms with van der Waals surface area (Å²) < 4.78 is 6.67. The van der Waals surface area contributed by atoms with Crippen molar-refractivity contribution in [2.75, 3.05) is 4.90 Å². The van der Waals surface area contributed by atoms with Crippen LogP contribution in [-0.2, 0) is 6.42 Å². The summed E-state index contributed by atoms with van der Waals surface area (Å²) in [4.78, 5) is 7.37. The average Bonchev–Trinajstić information content (AvgIpc) is 3.78. The number of aromatic nitrogens is 1. The average molecular weight is 627 g/mol. The summed E-state index contributed by atoms with van der Waals surface area (Å²) in [5, 5.41) is 4.49. The van der Waals surface area contributed by atoms with E-state index in [0.717, 1.165) is 50.6 Å². The number of nitrogens with zero attached hydrogens (tertiary/aromatic N) is 2. The Morgan fingerprint density at radius 1 is 0.510 bits per heavy atom. The molecule has 0 unspecified atom stereocenters. The van der Waals surface area contributed by atoms with Crippen LogP contribution in [-0.4, -0.2) is 4.98 Å². The van der Waals surface area contributed by atoms with Gasteiger partial charge in [-0.25, -0.2) is 4.98 Å². The lowest BCUT2D eigenvalue weighted by Crippen LogP contribution is -2.11. The van der Waals surface area contributed by atoms with Gasteiger partial charge in [0, 0.05) is 27.9 Å². The van der Waals surface area contributed by atoms with E-state index in [0.29, 0.717) is 5.89 Å². The minimum atomic E-state index is 0.629. The van der Waals surface area contributed by atoms with Gasteiger partial charge >= 0.3 is 0 Å². The molecule has 0 spiro atoms. The Morgan fingerprint density at radius 2 is 1.22 bits per heavy atom. The molecule has 0 amide bonds. The van der Waals surface area contributed by atoms with E-state index in [1.54, 1.807) is 0 Å². The lowest BCUT2D eigenvalue weighted by molar-refractivity contribution is 0.623. The predicted molar refractivity (Wildman–Crippen MR) is 203 cm³/mol. The minimum absolute atomic E-state index is 0.629. The SMILES string of the molecule is c1ccc(-c2nc3ccc4cc(-c5ccccc5)c5ccc(N(c6ccccc6)c6cccc7c6-c6ccccc6C7)cc5c4c3o2)cc1. The van der Waals surface area contributed by atoms with Crippen LogP contribution in [0.2, 0.25) is 0 Å². The second kappa shape index (κ2) is 11.1. The van der Waals surface area contributed by atoms with E-state index < -0.39 is 0 Å². The number of rotatable bonds is 5. The summed E-state index contributed by atoms with van der Waals surface area (Å²) in [5.74, 6) is 0.629. The Hall–Kier alpha value is -6.45. The van der Waals surface area contributed by atoms with Crippen LogP contribution in [0.4, 0.5) is 17.1 Å². The van der Waals surface area contributed by atoms with E-state index in [-0.39, 0.29) is 0 Å². The van der Waals surface area contributed by atoms with Crippen LogP contribution < -0.4 is 4.90 Å². The topological polar surface area (TPSA) is 29.3 Å². The van der Waals surface area contributed by atoms with Crippen molar-refractivity contribution in [3.63, 3.8) is 0 Å². The zero-order chi connectivity index (χ0) is 32.3. The van der Waals surface area contributed by atoms with Crippen molar-refractivity contribution < 1.29 is 4.42 Å². The van der Waals surface area contributed by atoms with Crippen molar-refractivity contribution >= 4 is 49.7 Å². The quantitative estimate of drug-likeness (QED) is 0.178. The van der Waals surface area contributed by atoms with Crippen molar-refractivity contribution in [2.45, 2.75) is 6.42 Å². The number of anilines is 3. The Kier molecular flexibility index (Phi) is 6.25. The molecule has 1 aliphatic carbocycles. The molecule has 0 radical (unpaired) electrons. The van der Waals surface area contributed by atoms with Gasteiger partial charge in [-0.05, 0) is 105 Å².